The van der Waals surface area contributed by atoms with E-state index in [1.165, 1.54) is 11.8 Å². The highest BCUT2D eigenvalue weighted by Crippen LogP contribution is 2.40. The molecule has 1 aliphatic rings. The van der Waals surface area contributed by atoms with Crippen LogP contribution < -0.4 is 5.32 Å². The number of thioether (sulfide) groups is 1. The summed E-state index contributed by atoms with van der Waals surface area (Å²) in [6, 6.07) is 31.3. The SMILES string of the molecule is O=C(NCc1ccccc1-c1ccc([C@H]2O[C@@H](CSc3nnnn3-c3ccccc3)C[C@@H](c3ccc(CO)cc3)O2)cc1)c1c(F)c(F)c(F)c(F)c1F. The first-order valence-corrected chi connectivity index (χ1v) is 17.7. The smallest absolute Gasteiger partial charge is 0.257 e. The van der Waals surface area contributed by atoms with Crippen LogP contribution in [-0.4, -0.2) is 43.1 Å². The van der Waals surface area contributed by atoms with Gasteiger partial charge in [0.2, 0.25) is 11.0 Å². The molecular formula is C39H30F5N5O4S. The van der Waals surface area contributed by atoms with Gasteiger partial charge in [-0.25, -0.2) is 22.0 Å². The van der Waals surface area contributed by atoms with E-state index in [1.807, 2.05) is 78.9 Å². The number of halogens is 5. The molecule has 276 valence electrons. The van der Waals surface area contributed by atoms with Crippen molar-refractivity contribution in [1.82, 2.24) is 25.5 Å². The van der Waals surface area contributed by atoms with Gasteiger partial charge in [-0.05, 0) is 50.4 Å². The number of aliphatic hydroxyl groups is 1. The number of benzene rings is 5. The van der Waals surface area contributed by atoms with E-state index in [2.05, 4.69) is 20.8 Å². The summed E-state index contributed by atoms with van der Waals surface area (Å²) in [5, 5.41) is 24.6. The van der Waals surface area contributed by atoms with Gasteiger partial charge in [-0.15, -0.1) is 5.10 Å². The van der Waals surface area contributed by atoms with Crippen molar-refractivity contribution in [2.45, 2.75) is 43.2 Å². The molecule has 2 N–H and O–H groups in total. The van der Waals surface area contributed by atoms with E-state index in [4.69, 9.17) is 9.47 Å². The molecule has 3 atom stereocenters. The molecule has 15 heteroatoms. The van der Waals surface area contributed by atoms with Gasteiger partial charge in [-0.2, -0.15) is 4.68 Å². The van der Waals surface area contributed by atoms with Crippen molar-refractivity contribution in [3.05, 3.63) is 160 Å². The number of amides is 1. The number of aliphatic hydroxyl groups excluding tert-OH is 1. The molecule has 1 aliphatic heterocycles. The third kappa shape index (κ3) is 7.75. The fourth-order valence-electron chi connectivity index (χ4n) is 6.03. The van der Waals surface area contributed by atoms with Crippen molar-refractivity contribution >= 4 is 17.7 Å². The Balaban J connectivity index is 1.09. The number of hydrogen-bond acceptors (Lipinski definition) is 8. The van der Waals surface area contributed by atoms with Crippen molar-refractivity contribution < 1.29 is 41.3 Å². The average molecular weight is 760 g/mol. The molecule has 9 nitrogen and oxygen atoms in total. The van der Waals surface area contributed by atoms with Crippen LogP contribution in [0, 0.1) is 29.1 Å². The molecule has 1 fully saturated rings. The Bertz CT molecular complexity index is 2230. The summed E-state index contributed by atoms with van der Waals surface area (Å²) < 4.78 is 84.1. The summed E-state index contributed by atoms with van der Waals surface area (Å²) in [5.41, 5.74) is 3.56. The minimum absolute atomic E-state index is 0.0832. The Hall–Kier alpha value is -5.48. The maximum absolute atomic E-state index is 14.3. The minimum Gasteiger partial charge on any atom is -0.392 e. The van der Waals surface area contributed by atoms with Crippen LogP contribution >= 0.6 is 11.8 Å². The highest BCUT2D eigenvalue weighted by Gasteiger charge is 2.33. The Kier molecular flexibility index (Phi) is 11.1. The maximum Gasteiger partial charge on any atom is 0.257 e. The topological polar surface area (TPSA) is 111 Å². The monoisotopic (exact) mass is 759 g/mol. The Morgan fingerprint density at radius 1 is 0.796 bits per heavy atom. The number of hydrogen-bond donors (Lipinski definition) is 2. The molecule has 0 aliphatic carbocycles. The first-order chi connectivity index (χ1) is 26.2. The number of carbonyl (C=O) groups excluding carboxylic acids is 1. The fourth-order valence-corrected chi connectivity index (χ4v) is 6.94. The molecule has 6 aromatic rings. The highest BCUT2D eigenvalue weighted by atomic mass is 32.2. The molecule has 2 heterocycles. The van der Waals surface area contributed by atoms with Gasteiger partial charge in [0.1, 0.15) is 5.56 Å². The maximum atomic E-state index is 14.3. The second-order valence-corrected chi connectivity index (χ2v) is 13.3. The molecule has 1 amide bonds. The van der Waals surface area contributed by atoms with E-state index >= 15 is 0 Å². The van der Waals surface area contributed by atoms with Crippen LogP contribution in [0.5, 0.6) is 0 Å². The third-order valence-corrected chi connectivity index (χ3v) is 9.89. The second-order valence-electron chi connectivity index (χ2n) is 12.3. The lowest BCUT2D eigenvalue weighted by Crippen LogP contribution is -2.31. The molecule has 5 aromatic carbocycles. The van der Waals surface area contributed by atoms with E-state index in [9.17, 15) is 31.9 Å². The Morgan fingerprint density at radius 2 is 1.44 bits per heavy atom. The number of nitrogens with one attached hydrogen (secondary N) is 1. The van der Waals surface area contributed by atoms with Crippen LogP contribution in [0.15, 0.2) is 108 Å². The molecule has 7 rings (SSSR count). The number of rotatable bonds is 11. The summed E-state index contributed by atoms with van der Waals surface area (Å²) in [6.45, 7) is -0.352. The molecule has 0 unspecified atom stereocenters. The summed E-state index contributed by atoms with van der Waals surface area (Å²) in [6.07, 6.45) is -0.841. The van der Waals surface area contributed by atoms with Gasteiger partial charge in [0, 0.05) is 24.3 Å². The van der Waals surface area contributed by atoms with Gasteiger partial charge in [0.25, 0.3) is 5.91 Å². The lowest BCUT2D eigenvalue weighted by atomic mass is 9.97. The van der Waals surface area contributed by atoms with Gasteiger partial charge < -0.3 is 19.9 Å². The van der Waals surface area contributed by atoms with Crippen molar-refractivity contribution in [2.75, 3.05) is 5.75 Å². The number of tetrazole rings is 1. The van der Waals surface area contributed by atoms with Crippen molar-refractivity contribution in [3.63, 3.8) is 0 Å². The van der Waals surface area contributed by atoms with Crippen LogP contribution in [0.2, 0.25) is 0 Å². The van der Waals surface area contributed by atoms with Crippen LogP contribution in [0.1, 0.15) is 51.4 Å². The van der Waals surface area contributed by atoms with E-state index in [1.54, 1.807) is 28.9 Å². The molecule has 0 radical (unpaired) electrons. The molecular weight excluding hydrogens is 730 g/mol. The quantitative estimate of drug-likeness (QED) is 0.0597. The first kappa shape index (κ1) is 36.9. The van der Waals surface area contributed by atoms with Gasteiger partial charge in [-0.3, -0.25) is 4.79 Å². The Labute approximate surface area is 309 Å². The van der Waals surface area contributed by atoms with E-state index < -0.39 is 46.8 Å². The Morgan fingerprint density at radius 3 is 2.15 bits per heavy atom. The molecule has 0 bridgehead atoms. The first-order valence-electron chi connectivity index (χ1n) is 16.7. The van der Waals surface area contributed by atoms with Crippen LogP contribution in [-0.2, 0) is 22.6 Å². The van der Waals surface area contributed by atoms with Crippen LogP contribution in [0.25, 0.3) is 16.8 Å². The summed E-state index contributed by atoms with van der Waals surface area (Å²) in [4.78, 5) is 12.6. The molecule has 54 heavy (non-hydrogen) atoms. The number of aromatic nitrogens is 4. The molecule has 1 aromatic heterocycles. The van der Waals surface area contributed by atoms with Gasteiger partial charge in [-0.1, -0.05) is 103 Å². The summed E-state index contributed by atoms with van der Waals surface area (Å²) in [7, 11) is 0. The van der Waals surface area contributed by atoms with Crippen molar-refractivity contribution in [3.8, 4) is 16.8 Å². The molecule has 0 spiro atoms. The minimum atomic E-state index is -2.34. The fraction of sp³-hybridized carbons (Fsp3) is 0.179. The zero-order chi connectivity index (χ0) is 37.8. The highest BCUT2D eigenvalue weighted by molar-refractivity contribution is 7.99. The summed E-state index contributed by atoms with van der Waals surface area (Å²) in [5.74, 6) is -12.1. The lowest BCUT2D eigenvalue weighted by molar-refractivity contribution is -0.245. The number of carbonyl (C=O) groups is 1. The third-order valence-electron chi connectivity index (χ3n) is 8.84. The van der Waals surface area contributed by atoms with Gasteiger partial charge >= 0.3 is 0 Å². The van der Waals surface area contributed by atoms with E-state index in [-0.39, 0.29) is 25.4 Å². The largest absolute Gasteiger partial charge is 0.392 e. The van der Waals surface area contributed by atoms with Crippen LogP contribution in [0.4, 0.5) is 22.0 Å². The van der Waals surface area contributed by atoms with Gasteiger partial charge in [0.05, 0.1) is 24.5 Å². The predicted molar refractivity (Wildman–Crippen MR) is 188 cm³/mol. The second kappa shape index (κ2) is 16.3. The number of para-hydroxylation sites is 1. The molecule has 1 saturated heterocycles. The number of nitrogens with zero attached hydrogens (tertiary/aromatic N) is 4. The standard InChI is InChI=1S/C39H30F5N5O4S/c40-32-31(33(41)35(43)36(44)34(32)42)37(51)45-19-26-6-4-5-9-29(26)23-14-16-25(17-15-23)38-52-28(18-30(53-38)24-12-10-22(20-50)11-13-24)21-54-39-46-47-48-49(39)27-7-2-1-3-8-27/h1-17,28,30,38,50H,18-21H2,(H,45,51)/t28-,30+,38+/m1/s1. The normalized spacial score (nSPS) is 17.0. The average Bonchev–Trinajstić information content (AvgIpc) is 3.70. The predicted octanol–water partition coefficient (Wildman–Crippen LogP) is 7.78. The van der Waals surface area contributed by atoms with Gasteiger partial charge in [0.15, 0.2) is 29.6 Å². The zero-order valence-electron chi connectivity index (χ0n) is 28.1. The van der Waals surface area contributed by atoms with E-state index in [0.717, 1.165) is 22.4 Å². The zero-order valence-corrected chi connectivity index (χ0v) is 29.0. The van der Waals surface area contributed by atoms with Crippen molar-refractivity contribution in [1.29, 1.82) is 0 Å². The van der Waals surface area contributed by atoms with Crippen molar-refractivity contribution in [2.24, 2.45) is 0 Å². The number of ether oxygens (including phenoxy) is 2. The van der Waals surface area contributed by atoms with Crippen LogP contribution in [0.3, 0.4) is 0 Å². The van der Waals surface area contributed by atoms with E-state index in [0.29, 0.717) is 34.0 Å². The lowest BCUT2D eigenvalue weighted by Gasteiger charge is -2.36. The summed E-state index contributed by atoms with van der Waals surface area (Å²) >= 11 is 1.45. The molecule has 0 saturated carbocycles.